The van der Waals surface area contributed by atoms with Gasteiger partial charge in [-0.1, -0.05) is 30.3 Å². The number of esters is 1. The lowest BCUT2D eigenvalue weighted by molar-refractivity contribution is -0.151. The van der Waals surface area contributed by atoms with E-state index < -0.39 is 0 Å². The van der Waals surface area contributed by atoms with Crippen molar-refractivity contribution in [1.29, 1.82) is 0 Å². The van der Waals surface area contributed by atoms with E-state index in [0.717, 1.165) is 55.7 Å². The van der Waals surface area contributed by atoms with Crippen molar-refractivity contribution < 1.29 is 19.0 Å². The molecule has 0 bridgehead atoms. The summed E-state index contributed by atoms with van der Waals surface area (Å²) < 4.78 is 16.6. The second-order valence-electron chi connectivity index (χ2n) is 7.99. The number of carbonyl (C=O) groups is 1. The van der Waals surface area contributed by atoms with Gasteiger partial charge >= 0.3 is 5.97 Å². The Balaban J connectivity index is 1.44. The Morgan fingerprint density at radius 3 is 2.45 bits per heavy atom. The van der Waals surface area contributed by atoms with Gasteiger partial charge in [-0.2, -0.15) is 0 Å². The van der Waals surface area contributed by atoms with Gasteiger partial charge in [0.15, 0.2) is 11.5 Å². The first-order valence-electron chi connectivity index (χ1n) is 10.4. The fraction of sp³-hybridized carbons (Fsp3) is 0.458. The summed E-state index contributed by atoms with van der Waals surface area (Å²) in [7, 11) is 3.35. The largest absolute Gasteiger partial charge is 0.493 e. The van der Waals surface area contributed by atoms with Gasteiger partial charge < -0.3 is 19.5 Å². The van der Waals surface area contributed by atoms with Crippen LogP contribution in [0.2, 0.25) is 0 Å². The molecule has 0 radical (unpaired) electrons. The maximum Gasteiger partial charge on any atom is 0.309 e. The van der Waals surface area contributed by atoms with Crippen LogP contribution >= 0.6 is 0 Å². The molecule has 1 aliphatic carbocycles. The molecule has 1 N–H and O–H groups in total. The summed E-state index contributed by atoms with van der Waals surface area (Å²) in [5.41, 5.74) is 3.53. The quantitative estimate of drug-likeness (QED) is 0.776. The monoisotopic (exact) mass is 395 g/mol. The van der Waals surface area contributed by atoms with Gasteiger partial charge in [0, 0.05) is 12.1 Å². The smallest absolute Gasteiger partial charge is 0.309 e. The van der Waals surface area contributed by atoms with E-state index in [1.165, 1.54) is 11.1 Å². The molecule has 5 heteroatoms. The molecule has 4 rings (SSSR count). The van der Waals surface area contributed by atoms with Gasteiger partial charge in [0.25, 0.3) is 0 Å². The van der Waals surface area contributed by atoms with Crippen LogP contribution in [0.3, 0.4) is 0 Å². The summed E-state index contributed by atoms with van der Waals surface area (Å²) in [5, 5.41) is 3.75. The molecule has 0 saturated heterocycles. The van der Waals surface area contributed by atoms with Crippen LogP contribution in [0, 0.1) is 5.92 Å². The number of ether oxygens (including phenoxy) is 3. The van der Waals surface area contributed by atoms with E-state index >= 15 is 0 Å². The first kappa shape index (κ1) is 19.8. The van der Waals surface area contributed by atoms with Gasteiger partial charge in [-0.3, -0.25) is 4.79 Å². The normalized spacial score (nSPS) is 23.3. The Kier molecular flexibility index (Phi) is 5.76. The van der Waals surface area contributed by atoms with Crippen molar-refractivity contribution in [3.8, 4) is 11.5 Å². The predicted molar refractivity (Wildman–Crippen MR) is 111 cm³/mol. The van der Waals surface area contributed by atoms with E-state index in [1.54, 1.807) is 14.2 Å². The number of methoxy groups -OCH3 is 2. The minimum atomic E-state index is -0.0939. The molecule has 1 aliphatic heterocycles. The number of rotatable bonds is 5. The first-order valence-corrected chi connectivity index (χ1v) is 10.4. The summed E-state index contributed by atoms with van der Waals surface area (Å²) in [6.07, 6.45) is 4.46. The van der Waals surface area contributed by atoms with Crippen LogP contribution < -0.4 is 14.8 Å². The molecule has 1 saturated carbocycles. The highest BCUT2D eigenvalue weighted by atomic mass is 16.5. The molecule has 5 nitrogen and oxygen atoms in total. The number of benzene rings is 2. The van der Waals surface area contributed by atoms with Crippen molar-refractivity contribution in [2.24, 2.45) is 5.92 Å². The van der Waals surface area contributed by atoms with E-state index in [4.69, 9.17) is 14.2 Å². The van der Waals surface area contributed by atoms with Gasteiger partial charge in [-0.15, -0.1) is 0 Å². The summed E-state index contributed by atoms with van der Waals surface area (Å²) >= 11 is 0. The highest BCUT2D eigenvalue weighted by Crippen LogP contribution is 2.46. The number of hydrogen-bond donors (Lipinski definition) is 1. The van der Waals surface area contributed by atoms with Gasteiger partial charge in [-0.25, -0.2) is 0 Å². The van der Waals surface area contributed by atoms with E-state index in [-0.39, 0.29) is 17.4 Å². The van der Waals surface area contributed by atoms with Crippen LogP contribution in [0.4, 0.5) is 0 Å². The Morgan fingerprint density at radius 1 is 1.07 bits per heavy atom. The number of fused-ring (bicyclic) bond motifs is 2. The summed E-state index contributed by atoms with van der Waals surface area (Å²) in [4.78, 5) is 12.6. The molecular formula is C24H29NO4. The Hall–Kier alpha value is -2.53. The maximum absolute atomic E-state index is 12.6. The van der Waals surface area contributed by atoms with Crippen molar-refractivity contribution in [3.05, 3.63) is 59.2 Å². The average Bonchev–Trinajstić information content (AvgIpc) is 2.78. The first-order chi connectivity index (χ1) is 14.1. The zero-order chi connectivity index (χ0) is 20.3. The van der Waals surface area contributed by atoms with Crippen LogP contribution in [0.1, 0.15) is 42.4 Å². The summed E-state index contributed by atoms with van der Waals surface area (Å²) in [5.74, 6) is 1.43. The lowest BCUT2D eigenvalue weighted by Gasteiger charge is -2.44. The van der Waals surface area contributed by atoms with Crippen molar-refractivity contribution in [2.45, 2.75) is 44.2 Å². The van der Waals surface area contributed by atoms with Gasteiger partial charge in [-0.05, 0) is 60.9 Å². The second kappa shape index (κ2) is 8.46. The van der Waals surface area contributed by atoms with E-state index in [0.29, 0.717) is 6.61 Å². The summed E-state index contributed by atoms with van der Waals surface area (Å²) in [6.45, 7) is 1.28. The predicted octanol–water partition coefficient (Wildman–Crippen LogP) is 3.98. The number of nitrogens with one attached hydrogen (secondary N) is 1. The van der Waals surface area contributed by atoms with Crippen LogP contribution in [-0.2, 0) is 28.1 Å². The molecule has 1 fully saturated rings. The Labute approximate surface area is 172 Å². The third-order valence-corrected chi connectivity index (χ3v) is 6.38. The minimum Gasteiger partial charge on any atom is -0.493 e. The molecule has 2 aromatic rings. The molecule has 0 aromatic heterocycles. The van der Waals surface area contributed by atoms with E-state index in [1.807, 2.05) is 30.3 Å². The SMILES string of the molecule is COc1cc2c(cc1OC)[C@]1(CC[C@@H](C(=O)OCc3ccccc3)CC1)NCC2. The number of carbonyl (C=O) groups excluding carboxylic acids is 1. The molecule has 0 atom stereocenters. The van der Waals surface area contributed by atoms with Crippen LogP contribution in [0.25, 0.3) is 0 Å². The molecule has 1 heterocycles. The fourth-order valence-electron chi connectivity index (χ4n) is 4.74. The topological polar surface area (TPSA) is 56.8 Å². The van der Waals surface area contributed by atoms with Crippen molar-refractivity contribution in [2.75, 3.05) is 20.8 Å². The van der Waals surface area contributed by atoms with Crippen LogP contribution in [0.5, 0.6) is 11.5 Å². The number of hydrogen-bond acceptors (Lipinski definition) is 5. The van der Waals surface area contributed by atoms with Crippen molar-refractivity contribution in [3.63, 3.8) is 0 Å². The molecule has 2 aliphatic rings. The minimum absolute atomic E-state index is 0.0309. The third kappa shape index (κ3) is 3.97. The van der Waals surface area contributed by atoms with Crippen LogP contribution in [-0.4, -0.2) is 26.7 Å². The van der Waals surface area contributed by atoms with Crippen molar-refractivity contribution >= 4 is 5.97 Å². The molecule has 0 unspecified atom stereocenters. The third-order valence-electron chi connectivity index (χ3n) is 6.38. The van der Waals surface area contributed by atoms with E-state index in [2.05, 4.69) is 17.4 Å². The van der Waals surface area contributed by atoms with Crippen LogP contribution in [0.15, 0.2) is 42.5 Å². The molecule has 2 aromatic carbocycles. The van der Waals surface area contributed by atoms with Crippen molar-refractivity contribution in [1.82, 2.24) is 5.32 Å². The maximum atomic E-state index is 12.6. The second-order valence-corrected chi connectivity index (χ2v) is 7.99. The zero-order valence-electron chi connectivity index (χ0n) is 17.2. The van der Waals surface area contributed by atoms with Gasteiger partial charge in [0.05, 0.1) is 20.1 Å². The highest BCUT2D eigenvalue weighted by Gasteiger charge is 2.42. The molecule has 1 spiro atoms. The Morgan fingerprint density at radius 2 is 1.76 bits per heavy atom. The highest BCUT2D eigenvalue weighted by molar-refractivity contribution is 5.72. The summed E-state index contributed by atoms with van der Waals surface area (Å²) in [6, 6.07) is 14.1. The van der Waals surface area contributed by atoms with E-state index in [9.17, 15) is 4.79 Å². The van der Waals surface area contributed by atoms with Gasteiger partial charge in [0.2, 0.25) is 0 Å². The molecule has 0 amide bonds. The lowest BCUT2D eigenvalue weighted by atomic mass is 9.69. The standard InChI is InChI=1S/C24H29NO4/c1-27-21-14-19-10-13-25-24(20(19)15-22(21)28-2)11-8-18(9-12-24)23(26)29-16-17-6-4-3-5-7-17/h3-7,14-15,18,25H,8-13,16H2,1-2H3/t18-,24-. The average molecular weight is 395 g/mol. The molecular weight excluding hydrogens is 366 g/mol. The zero-order valence-corrected chi connectivity index (χ0v) is 17.2. The lowest BCUT2D eigenvalue weighted by Crippen LogP contribution is -2.50. The van der Waals surface area contributed by atoms with Gasteiger partial charge in [0.1, 0.15) is 6.61 Å². The molecule has 154 valence electrons. The molecule has 29 heavy (non-hydrogen) atoms. The fourth-order valence-corrected chi connectivity index (χ4v) is 4.74. The Bertz CT molecular complexity index is 857.